The van der Waals surface area contributed by atoms with Gasteiger partial charge in [-0.15, -0.1) is 0 Å². The average Bonchev–Trinajstić information content (AvgIpc) is 2.64. The van der Waals surface area contributed by atoms with Crippen molar-refractivity contribution in [1.29, 1.82) is 0 Å². The van der Waals surface area contributed by atoms with Gasteiger partial charge in [0.1, 0.15) is 4.90 Å². The molecule has 0 fully saturated rings. The summed E-state index contributed by atoms with van der Waals surface area (Å²) >= 11 is 3.22. The molecule has 0 radical (unpaired) electrons. The van der Waals surface area contributed by atoms with E-state index in [1.807, 2.05) is 0 Å². The van der Waals surface area contributed by atoms with Crippen molar-refractivity contribution >= 4 is 26.0 Å². The Morgan fingerprint density at radius 3 is 2.81 bits per heavy atom. The van der Waals surface area contributed by atoms with E-state index in [0.29, 0.717) is 11.9 Å². The van der Waals surface area contributed by atoms with Crippen molar-refractivity contribution in [3.63, 3.8) is 0 Å². The van der Waals surface area contributed by atoms with Gasteiger partial charge in [-0.1, -0.05) is 15.9 Å². The van der Waals surface area contributed by atoms with Crippen molar-refractivity contribution < 1.29 is 13.2 Å². The zero-order valence-corrected chi connectivity index (χ0v) is 11.5. The van der Waals surface area contributed by atoms with Crippen LogP contribution >= 0.6 is 15.9 Å². The molecule has 8 heteroatoms. The topological polar surface area (TPSA) is 73.2 Å². The summed E-state index contributed by atoms with van der Waals surface area (Å²) in [6.45, 7) is 0.310. The number of hydrogen-bond donors (Lipinski definition) is 1. The van der Waals surface area contributed by atoms with E-state index < -0.39 is 10.0 Å². The van der Waals surface area contributed by atoms with Gasteiger partial charge in [0, 0.05) is 25.7 Å². The molecule has 16 heavy (non-hydrogen) atoms. The number of aromatic nitrogens is 2. The summed E-state index contributed by atoms with van der Waals surface area (Å²) in [6.07, 6.45) is 2.75. The van der Waals surface area contributed by atoms with Gasteiger partial charge in [0.25, 0.3) is 0 Å². The molecule has 6 nitrogen and oxygen atoms in total. The van der Waals surface area contributed by atoms with Crippen molar-refractivity contribution in [3.8, 4) is 0 Å². The van der Waals surface area contributed by atoms with E-state index in [4.69, 9.17) is 4.74 Å². The SMILES string of the molecule is COCC(CBr)NS(=O)(=O)c1cnn(C)c1. The summed E-state index contributed by atoms with van der Waals surface area (Å²) in [4.78, 5) is 0.150. The summed E-state index contributed by atoms with van der Waals surface area (Å²) in [5, 5.41) is 4.30. The minimum atomic E-state index is -3.52. The van der Waals surface area contributed by atoms with E-state index in [0.717, 1.165) is 0 Å². The molecule has 1 heterocycles. The third-order valence-electron chi connectivity index (χ3n) is 1.87. The summed E-state index contributed by atoms with van der Waals surface area (Å²) in [5.74, 6) is 0. The zero-order chi connectivity index (χ0) is 12.2. The lowest BCUT2D eigenvalue weighted by atomic mass is 10.4. The molecule has 1 atom stereocenters. The van der Waals surface area contributed by atoms with Gasteiger partial charge in [0.05, 0.1) is 18.8 Å². The lowest BCUT2D eigenvalue weighted by molar-refractivity contribution is 0.182. The van der Waals surface area contributed by atoms with Crippen molar-refractivity contribution in [2.45, 2.75) is 10.9 Å². The normalized spacial score (nSPS) is 13.9. The third kappa shape index (κ3) is 3.55. The molecule has 92 valence electrons. The quantitative estimate of drug-likeness (QED) is 0.757. The third-order valence-corrected chi connectivity index (χ3v) is 4.12. The van der Waals surface area contributed by atoms with Gasteiger partial charge in [-0.05, 0) is 0 Å². The maximum absolute atomic E-state index is 11.8. The van der Waals surface area contributed by atoms with Crippen LogP contribution in [0, 0.1) is 0 Å². The number of aryl methyl sites for hydroxylation is 1. The van der Waals surface area contributed by atoms with E-state index in [-0.39, 0.29) is 10.9 Å². The number of ether oxygens (including phenoxy) is 1. The molecule has 0 aliphatic heterocycles. The number of halogens is 1. The van der Waals surface area contributed by atoms with Crippen LogP contribution in [-0.2, 0) is 21.8 Å². The Balaban J connectivity index is 2.78. The van der Waals surface area contributed by atoms with Crippen molar-refractivity contribution in [3.05, 3.63) is 12.4 Å². The number of methoxy groups -OCH3 is 1. The highest BCUT2D eigenvalue weighted by Gasteiger charge is 2.20. The molecule has 0 saturated heterocycles. The summed E-state index contributed by atoms with van der Waals surface area (Å²) in [7, 11) is -0.332. The van der Waals surface area contributed by atoms with Gasteiger partial charge >= 0.3 is 0 Å². The fraction of sp³-hybridized carbons (Fsp3) is 0.625. The van der Waals surface area contributed by atoms with Crippen LogP contribution in [-0.4, -0.2) is 43.3 Å². The highest BCUT2D eigenvalue weighted by molar-refractivity contribution is 9.09. The number of nitrogens with zero attached hydrogens (tertiary/aromatic N) is 2. The van der Waals surface area contributed by atoms with E-state index in [1.54, 1.807) is 7.05 Å². The van der Waals surface area contributed by atoms with Crippen LogP contribution in [0.5, 0.6) is 0 Å². The molecule has 1 N–H and O–H groups in total. The molecule has 0 saturated carbocycles. The summed E-state index contributed by atoms with van der Waals surface area (Å²) in [5.41, 5.74) is 0. The van der Waals surface area contributed by atoms with Crippen LogP contribution in [0.1, 0.15) is 0 Å². The Morgan fingerprint density at radius 1 is 1.69 bits per heavy atom. The predicted octanol–water partition coefficient (Wildman–Crippen LogP) is 0.108. The Labute approximate surface area is 103 Å². The second-order valence-corrected chi connectivity index (χ2v) is 5.64. The van der Waals surface area contributed by atoms with Gasteiger partial charge < -0.3 is 4.74 Å². The maximum atomic E-state index is 11.8. The summed E-state index contributed by atoms with van der Waals surface area (Å²) in [6, 6.07) is -0.296. The standard InChI is InChI=1S/C8H14BrN3O3S/c1-12-5-8(4-10-12)16(13,14)11-7(3-9)6-15-2/h4-5,7,11H,3,6H2,1-2H3. The van der Waals surface area contributed by atoms with E-state index in [1.165, 1.54) is 24.2 Å². The monoisotopic (exact) mass is 311 g/mol. The molecule has 1 aromatic rings. The number of nitrogens with one attached hydrogen (secondary N) is 1. The highest BCUT2D eigenvalue weighted by atomic mass is 79.9. The fourth-order valence-electron chi connectivity index (χ4n) is 1.14. The van der Waals surface area contributed by atoms with Crippen LogP contribution < -0.4 is 4.72 Å². The lowest BCUT2D eigenvalue weighted by Crippen LogP contribution is -2.39. The first-order valence-corrected chi connectivity index (χ1v) is 7.16. The second kappa shape index (κ2) is 5.76. The molecule has 0 bridgehead atoms. The van der Waals surface area contributed by atoms with Gasteiger partial charge in [0.15, 0.2) is 0 Å². The highest BCUT2D eigenvalue weighted by Crippen LogP contribution is 2.07. The van der Waals surface area contributed by atoms with Crippen LogP contribution in [0.25, 0.3) is 0 Å². The molecular weight excluding hydrogens is 298 g/mol. The molecule has 0 spiro atoms. The van der Waals surface area contributed by atoms with Crippen LogP contribution in [0.2, 0.25) is 0 Å². The van der Waals surface area contributed by atoms with Crippen molar-refractivity contribution in [2.24, 2.45) is 7.05 Å². The van der Waals surface area contributed by atoms with Crippen molar-refractivity contribution in [1.82, 2.24) is 14.5 Å². The number of hydrogen-bond acceptors (Lipinski definition) is 4. The molecule has 1 rings (SSSR count). The van der Waals surface area contributed by atoms with E-state index in [2.05, 4.69) is 25.8 Å². The van der Waals surface area contributed by atoms with Crippen LogP contribution in [0.15, 0.2) is 17.3 Å². The van der Waals surface area contributed by atoms with Gasteiger partial charge in [-0.25, -0.2) is 13.1 Å². The molecule has 0 amide bonds. The Kier molecular flexibility index (Phi) is 4.90. The number of rotatable bonds is 6. The Morgan fingerprint density at radius 2 is 2.38 bits per heavy atom. The van der Waals surface area contributed by atoms with Gasteiger partial charge in [0.2, 0.25) is 10.0 Å². The number of sulfonamides is 1. The molecule has 1 unspecified atom stereocenters. The smallest absolute Gasteiger partial charge is 0.244 e. The largest absolute Gasteiger partial charge is 0.383 e. The minimum Gasteiger partial charge on any atom is -0.383 e. The Hall–Kier alpha value is -0.440. The molecular formula is C8H14BrN3O3S. The predicted molar refractivity (Wildman–Crippen MR) is 63.0 cm³/mol. The first-order valence-electron chi connectivity index (χ1n) is 4.55. The van der Waals surface area contributed by atoms with Crippen LogP contribution in [0.4, 0.5) is 0 Å². The van der Waals surface area contributed by atoms with Gasteiger partial charge in [-0.3, -0.25) is 4.68 Å². The fourth-order valence-corrected chi connectivity index (χ4v) is 2.90. The molecule has 0 aliphatic rings. The lowest BCUT2D eigenvalue weighted by Gasteiger charge is -2.14. The first-order chi connectivity index (χ1) is 7.49. The van der Waals surface area contributed by atoms with Crippen LogP contribution in [0.3, 0.4) is 0 Å². The minimum absolute atomic E-state index is 0.150. The average molecular weight is 312 g/mol. The molecule has 0 aliphatic carbocycles. The van der Waals surface area contributed by atoms with Crippen molar-refractivity contribution in [2.75, 3.05) is 19.0 Å². The van der Waals surface area contributed by atoms with E-state index >= 15 is 0 Å². The second-order valence-electron chi connectivity index (χ2n) is 3.28. The number of alkyl halides is 1. The van der Waals surface area contributed by atoms with Gasteiger partial charge in [-0.2, -0.15) is 5.10 Å². The maximum Gasteiger partial charge on any atom is 0.244 e. The summed E-state index contributed by atoms with van der Waals surface area (Å²) < 4.78 is 32.6. The molecule has 1 aromatic heterocycles. The zero-order valence-electron chi connectivity index (χ0n) is 9.05. The first kappa shape index (κ1) is 13.6. The Bertz CT molecular complexity index is 431. The molecule has 0 aromatic carbocycles. The van der Waals surface area contributed by atoms with E-state index in [9.17, 15) is 8.42 Å².